The average Bonchev–Trinajstić information content (AvgIpc) is 3.11. The van der Waals surface area contributed by atoms with Crippen molar-refractivity contribution in [1.82, 2.24) is 9.88 Å². The molecule has 4 aromatic rings. The Bertz CT molecular complexity index is 1180. The van der Waals surface area contributed by atoms with Gasteiger partial charge < -0.3 is 9.88 Å². The van der Waals surface area contributed by atoms with Gasteiger partial charge in [0.1, 0.15) is 5.82 Å². The molecule has 4 rings (SSSR count). The molecule has 0 saturated heterocycles. The van der Waals surface area contributed by atoms with E-state index < -0.39 is 0 Å². The molecular weight excluding hydrogens is 399 g/mol. The van der Waals surface area contributed by atoms with Crippen LogP contribution in [0.15, 0.2) is 84.9 Å². The van der Waals surface area contributed by atoms with Crippen LogP contribution < -0.4 is 5.32 Å². The van der Waals surface area contributed by atoms with Crippen molar-refractivity contribution in [2.75, 3.05) is 0 Å². The van der Waals surface area contributed by atoms with Gasteiger partial charge in [0.05, 0.1) is 16.9 Å². The first-order chi connectivity index (χ1) is 14.5. The molecule has 1 aromatic heterocycles. The molecule has 5 heteroatoms. The fourth-order valence-electron chi connectivity index (χ4n) is 3.49. The monoisotopic (exact) mass is 418 g/mol. The minimum atomic E-state index is -0.359. The number of rotatable bonds is 5. The van der Waals surface area contributed by atoms with Crippen molar-refractivity contribution in [3.05, 3.63) is 113 Å². The number of amides is 1. The predicted octanol–water partition coefficient (Wildman–Crippen LogP) is 6.18. The molecule has 3 aromatic carbocycles. The van der Waals surface area contributed by atoms with Crippen molar-refractivity contribution < 1.29 is 9.18 Å². The van der Waals surface area contributed by atoms with Crippen LogP contribution in [0, 0.1) is 12.7 Å². The fourth-order valence-corrected chi connectivity index (χ4v) is 3.61. The van der Waals surface area contributed by atoms with E-state index in [-0.39, 0.29) is 11.7 Å². The highest BCUT2D eigenvalue weighted by Gasteiger charge is 2.21. The third-order valence-corrected chi connectivity index (χ3v) is 5.27. The molecule has 0 aliphatic heterocycles. The van der Waals surface area contributed by atoms with E-state index in [9.17, 15) is 9.18 Å². The first-order valence-corrected chi connectivity index (χ1v) is 9.97. The molecule has 0 bridgehead atoms. The lowest BCUT2D eigenvalue weighted by Crippen LogP contribution is -2.23. The highest BCUT2D eigenvalue weighted by atomic mass is 35.5. The van der Waals surface area contributed by atoms with Crippen molar-refractivity contribution in [3.8, 4) is 16.9 Å². The first-order valence-electron chi connectivity index (χ1n) is 9.60. The fraction of sp³-hybridized carbons (Fsp3) is 0.0800. The molecule has 0 aliphatic rings. The third-order valence-electron chi connectivity index (χ3n) is 5.02. The summed E-state index contributed by atoms with van der Waals surface area (Å²) in [5, 5.41) is 3.57. The second kappa shape index (κ2) is 8.56. The van der Waals surface area contributed by atoms with E-state index in [1.54, 1.807) is 41.0 Å². The summed E-state index contributed by atoms with van der Waals surface area (Å²) in [4.78, 5) is 13.0. The van der Waals surface area contributed by atoms with E-state index in [4.69, 9.17) is 11.6 Å². The second-order valence-electron chi connectivity index (χ2n) is 6.99. The molecule has 0 atom stereocenters. The average molecular weight is 419 g/mol. The zero-order valence-corrected chi connectivity index (χ0v) is 17.2. The lowest BCUT2D eigenvalue weighted by atomic mass is 10.1. The van der Waals surface area contributed by atoms with Gasteiger partial charge in [0.2, 0.25) is 0 Å². The van der Waals surface area contributed by atoms with Crippen LogP contribution in [0.4, 0.5) is 4.39 Å². The predicted molar refractivity (Wildman–Crippen MR) is 119 cm³/mol. The van der Waals surface area contributed by atoms with Gasteiger partial charge in [-0.2, -0.15) is 0 Å². The number of halogens is 2. The lowest BCUT2D eigenvalue weighted by molar-refractivity contribution is 0.0950. The molecule has 3 nitrogen and oxygen atoms in total. The lowest BCUT2D eigenvalue weighted by Gasteiger charge is -2.13. The molecule has 1 N–H and O–H groups in total. The summed E-state index contributed by atoms with van der Waals surface area (Å²) in [6, 6.07) is 25.3. The van der Waals surface area contributed by atoms with Gasteiger partial charge in [-0.3, -0.25) is 4.79 Å². The summed E-state index contributed by atoms with van der Waals surface area (Å²) in [7, 11) is 0. The zero-order chi connectivity index (χ0) is 21.1. The minimum absolute atomic E-state index is 0.207. The maximum absolute atomic E-state index is 14.7. The van der Waals surface area contributed by atoms with Crippen molar-refractivity contribution in [3.63, 3.8) is 0 Å². The van der Waals surface area contributed by atoms with Gasteiger partial charge in [-0.25, -0.2) is 4.39 Å². The van der Waals surface area contributed by atoms with Gasteiger partial charge >= 0.3 is 0 Å². The van der Waals surface area contributed by atoms with Crippen LogP contribution in [0.2, 0.25) is 5.02 Å². The number of carbonyl (C=O) groups excluding carboxylic acids is 1. The summed E-state index contributed by atoms with van der Waals surface area (Å²) in [6.07, 6.45) is 0. The molecule has 0 fully saturated rings. The second-order valence-corrected chi connectivity index (χ2v) is 7.43. The molecule has 0 aliphatic carbocycles. The number of benzene rings is 3. The van der Waals surface area contributed by atoms with E-state index >= 15 is 0 Å². The van der Waals surface area contributed by atoms with Crippen LogP contribution in [0.3, 0.4) is 0 Å². The number of para-hydroxylation sites is 1. The number of nitrogens with zero attached hydrogens (tertiary/aromatic N) is 1. The van der Waals surface area contributed by atoms with Crippen LogP contribution >= 0.6 is 11.6 Å². The molecule has 0 unspecified atom stereocenters. The molecule has 0 saturated carbocycles. The molecular formula is C25H20ClFN2O. The Morgan fingerprint density at radius 2 is 1.63 bits per heavy atom. The van der Waals surface area contributed by atoms with E-state index in [1.165, 1.54) is 6.07 Å². The van der Waals surface area contributed by atoms with Crippen molar-refractivity contribution >= 4 is 17.5 Å². The van der Waals surface area contributed by atoms with Crippen molar-refractivity contribution in [1.29, 1.82) is 0 Å². The van der Waals surface area contributed by atoms with Gasteiger partial charge in [-0.15, -0.1) is 0 Å². The van der Waals surface area contributed by atoms with Crippen LogP contribution in [0.1, 0.15) is 21.6 Å². The summed E-state index contributed by atoms with van der Waals surface area (Å²) in [5.41, 5.74) is 4.12. The zero-order valence-electron chi connectivity index (χ0n) is 16.4. The third kappa shape index (κ3) is 4.00. The van der Waals surface area contributed by atoms with Crippen molar-refractivity contribution in [2.45, 2.75) is 13.5 Å². The summed E-state index contributed by atoms with van der Waals surface area (Å²) < 4.78 is 16.4. The van der Waals surface area contributed by atoms with Crippen LogP contribution in [0.25, 0.3) is 16.9 Å². The minimum Gasteiger partial charge on any atom is -0.348 e. The number of hydrogen-bond acceptors (Lipinski definition) is 1. The first kappa shape index (κ1) is 19.9. The topological polar surface area (TPSA) is 34.0 Å². The molecule has 1 amide bonds. The highest BCUT2D eigenvalue weighted by Crippen LogP contribution is 2.31. The van der Waals surface area contributed by atoms with E-state index in [0.29, 0.717) is 28.5 Å². The van der Waals surface area contributed by atoms with E-state index in [2.05, 4.69) is 5.32 Å². The van der Waals surface area contributed by atoms with Crippen LogP contribution in [0.5, 0.6) is 0 Å². The Labute approximate surface area is 179 Å². The summed E-state index contributed by atoms with van der Waals surface area (Å²) in [6.45, 7) is 2.24. The van der Waals surface area contributed by atoms with E-state index in [0.717, 1.165) is 16.8 Å². The molecule has 0 spiro atoms. The molecule has 150 valence electrons. The Kier molecular flexibility index (Phi) is 5.68. The SMILES string of the molecule is Cc1c(C(=O)NCc2ccccc2)cc(-c2ccc(Cl)cc2)n1-c1ccccc1F. The smallest absolute Gasteiger partial charge is 0.253 e. The van der Waals surface area contributed by atoms with Crippen molar-refractivity contribution in [2.24, 2.45) is 0 Å². The number of nitrogens with one attached hydrogen (secondary N) is 1. The number of hydrogen-bond donors (Lipinski definition) is 1. The van der Waals surface area contributed by atoms with E-state index in [1.807, 2.05) is 49.4 Å². The maximum Gasteiger partial charge on any atom is 0.253 e. The number of aromatic nitrogens is 1. The van der Waals surface area contributed by atoms with Gasteiger partial charge in [-0.05, 0) is 48.4 Å². The van der Waals surface area contributed by atoms with Gasteiger partial charge in [-0.1, -0.05) is 66.2 Å². The largest absolute Gasteiger partial charge is 0.348 e. The Hall–Kier alpha value is -3.37. The Morgan fingerprint density at radius 1 is 0.967 bits per heavy atom. The standard InChI is InChI=1S/C25H20ClFN2O/c1-17-21(25(30)28-16-18-7-3-2-4-8-18)15-24(19-11-13-20(26)14-12-19)29(17)23-10-6-5-9-22(23)27/h2-15H,16H2,1H3,(H,28,30). The quantitative estimate of drug-likeness (QED) is 0.413. The summed E-state index contributed by atoms with van der Waals surface area (Å²) in [5.74, 6) is -0.565. The van der Waals surface area contributed by atoms with Crippen LogP contribution in [-0.2, 0) is 6.54 Å². The Balaban J connectivity index is 1.77. The molecule has 30 heavy (non-hydrogen) atoms. The maximum atomic E-state index is 14.7. The number of carbonyl (C=O) groups is 1. The van der Waals surface area contributed by atoms with Gasteiger partial charge in [0.25, 0.3) is 5.91 Å². The van der Waals surface area contributed by atoms with Gasteiger partial charge in [0, 0.05) is 17.3 Å². The highest BCUT2D eigenvalue weighted by molar-refractivity contribution is 6.30. The molecule has 1 heterocycles. The normalized spacial score (nSPS) is 10.8. The van der Waals surface area contributed by atoms with Gasteiger partial charge in [0.15, 0.2) is 0 Å². The molecule has 0 radical (unpaired) electrons. The Morgan fingerprint density at radius 3 is 2.33 bits per heavy atom. The van der Waals surface area contributed by atoms with Crippen LogP contribution in [-0.4, -0.2) is 10.5 Å². The summed E-state index contributed by atoms with van der Waals surface area (Å²) >= 11 is 6.04.